The van der Waals surface area contributed by atoms with Gasteiger partial charge in [-0.3, -0.25) is 0 Å². The van der Waals surface area contributed by atoms with Crippen molar-refractivity contribution in [1.29, 1.82) is 0 Å². The van der Waals surface area contributed by atoms with Gasteiger partial charge in [-0.2, -0.15) is 0 Å². The van der Waals surface area contributed by atoms with Gasteiger partial charge in [0.1, 0.15) is 27.8 Å². The Balaban J connectivity index is 1.09. The molecule has 6 heteroatoms. The van der Waals surface area contributed by atoms with Crippen LogP contribution in [-0.2, 0) is 0 Å². The molecule has 0 aliphatic heterocycles. The average Bonchev–Trinajstić information content (AvgIpc) is 4.01. The fourth-order valence-corrected chi connectivity index (χ4v) is 8.33. The molecule has 4 heterocycles. The first kappa shape index (κ1) is 29.9. The second kappa shape index (κ2) is 11.5. The highest BCUT2D eigenvalue weighted by Crippen LogP contribution is 2.44. The zero-order valence-electron chi connectivity index (χ0n) is 29.3. The van der Waals surface area contributed by atoms with Crippen LogP contribution in [-0.4, -0.2) is 9.55 Å². The second-order valence-electron chi connectivity index (χ2n) is 14.0. The minimum atomic E-state index is 0.588. The smallest absolute Gasteiger partial charge is 0.227 e. The molecular weight excluding hydrogens is 679 g/mol. The van der Waals surface area contributed by atoms with Gasteiger partial charge in [0.2, 0.25) is 5.89 Å². The Morgan fingerprint density at radius 2 is 1.02 bits per heavy atom. The van der Waals surface area contributed by atoms with E-state index in [2.05, 4.69) is 131 Å². The molecule has 0 amide bonds. The van der Waals surface area contributed by atoms with Crippen LogP contribution in [0.1, 0.15) is 0 Å². The summed E-state index contributed by atoms with van der Waals surface area (Å²) in [4.78, 5) is 7.11. The molecule has 12 rings (SSSR count). The van der Waals surface area contributed by atoms with Crippen LogP contribution in [0.15, 0.2) is 189 Å². The molecule has 0 saturated heterocycles. The van der Waals surface area contributed by atoms with E-state index in [9.17, 15) is 0 Å². The summed E-state index contributed by atoms with van der Waals surface area (Å²) in [5.74, 6) is 0.588. The van der Waals surface area contributed by atoms with Gasteiger partial charge in [0.05, 0.1) is 16.4 Å². The molecule has 12 aromatic rings. The van der Waals surface area contributed by atoms with E-state index in [0.717, 1.165) is 88.7 Å². The fourth-order valence-electron chi connectivity index (χ4n) is 8.33. The number of fused-ring (bicyclic) bond motifs is 11. The largest absolute Gasteiger partial charge is 0.456 e. The van der Waals surface area contributed by atoms with Gasteiger partial charge in [-0.1, -0.05) is 78.9 Å². The van der Waals surface area contributed by atoms with Crippen LogP contribution in [0.25, 0.3) is 93.9 Å². The van der Waals surface area contributed by atoms with Crippen molar-refractivity contribution in [3.05, 3.63) is 176 Å². The quantitative estimate of drug-likeness (QED) is 0.178. The number of hydrogen-bond acceptors (Lipinski definition) is 5. The van der Waals surface area contributed by atoms with E-state index in [1.165, 1.54) is 10.8 Å². The van der Waals surface area contributed by atoms with Crippen LogP contribution in [0.2, 0.25) is 0 Å². The highest BCUT2D eigenvalue weighted by atomic mass is 16.4. The molecule has 258 valence electrons. The summed E-state index contributed by atoms with van der Waals surface area (Å²) in [7, 11) is 0. The molecule has 0 fully saturated rings. The minimum absolute atomic E-state index is 0.588. The summed E-state index contributed by atoms with van der Waals surface area (Å²) >= 11 is 0. The molecule has 0 atom stereocenters. The second-order valence-corrected chi connectivity index (χ2v) is 14.0. The molecule has 0 N–H and O–H groups in total. The van der Waals surface area contributed by atoms with E-state index in [0.29, 0.717) is 11.5 Å². The molecule has 0 spiro atoms. The van der Waals surface area contributed by atoms with Crippen molar-refractivity contribution >= 4 is 93.8 Å². The SMILES string of the molecule is c1ccc(-c2nc3ccc4oc5cc(N(c6ccc7c(c6)oc6ccccc67)c6ccc7c8ccccc8n(-c8ccccc8)c7c6)ccc5c4c3o2)cc1. The third-order valence-electron chi connectivity index (χ3n) is 10.8. The number of aromatic nitrogens is 2. The van der Waals surface area contributed by atoms with Gasteiger partial charge < -0.3 is 22.7 Å². The highest BCUT2D eigenvalue weighted by Gasteiger charge is 2.22. The van der Waals surface area contributed by atoms with Gasteiger partial charge in [-0.15, -0.1) is 0 Å². The van der Waals surface area contributed by atoms with E-state index in [1.807, 2.05) is 54.6 Å². The summed E-state index contributed by atoms with van der Waals surface area (Å²) < 4.78 is 21.8. The average molecular weight is 708 g/mol. The first-order valence-corrected chi connectivity index (χ1v) is 18.4. The Labute approximate surface area is 313 Å². The molecule has 0 aliphatic rings. The van der Waals surface area contributed by atoms with E-state index in [1.54, 1.807) is 0 Å². The van der Waals surface area contributed by atoms with Crippen LogP contribution >= 0.6 is 0 Å². The van der Waals surface area contributed by atoms with E-state index < -0.39 is 0 Å². The van der Waals surface area contributed by atoms with Gasteiger partial charge in [-0.25, -0.2) is 4.98 Å². The lowest BCUT2D eigenvalue weighted by Crippen LogP contribution is -2.10. The maximum Gasteiger partial charge on any atom is 0.227 e. The summed E-state index contributed by atoms with van der Waals surface area (Å²) in [5.41, 5.74) is 11.9. The number of anilines is 3. The zero-order chi connectivity index (χ0) is 36.0. The Morgan fingerprint density at radius 1 is 0.418 bits per heavy atom. The number of nitrogens with zero attached hydrogens (tertiary/aromatic N) is 3. The van der Waals surface area contributed by atoms with Crippen molar-refractivity contribution in [2.24, 2.45) is 0 Å². The molecule has 6 nitrogen and oxygen atoms in total. The van der Waals surface area contributed by atoms with Crippen LogP contribution < -0.4 is 4.90 Å². The molecule has 0 aliphatic carbocycles. The third kappa shape index (κ3) is 4.52. The molecule has 4 aromatic heterocycles. The van der Waals surface area contributed by atoms with Crippen molar-refractivity contribution in [2.75, 3.05) is 4.90 Å². The normalized spacial score (nSPS) is 12.0. The lowest BCUT2D eigenvalue weighted by atomic mass is 10.1. The van der Waals surface area contributed by atoms with E-state index >= 15 is 0 Å². The minimum Gasteiger partial charge on any atom is -0.456 e. The topological polar surface area (TPSA) is 60.5 Å². The first-order valence-electron chi connectivity index (χ1n) is 18.4. The number of para-hydroxylation sites is 3. The summed E-state index contributed by atoms with van der Waals surface area (Å²) in [6.07, 6.45) is 0. The third-order valence-corrected chi connectivity index (χ3v) is 10.8. The van der Waals surface area contributed by atoms with Gasteiger partial charge >= 0.3 is 0 Å². The Kier molecular flexibility index (Phi) is 6.24. The molecule has 0 bridgehead atoms. The number of oxazole rings is 1. The molecule has 8 aromatic carbocycles. The highest BCUT2D eigenvalue weighted by molar-refractivity contribution is 6.17. The monoisotopic (exact) mass is 707 g/mol. The van der Waals surface area contributed by atoms with E-state index in [4.69, 9.17) is 18.2 Å². The standard InChI is InChI=1S/C49H29N3O3/c1-3-11-30(12-4-1)49-50-40-25-26-44-47(48(40)55-49)39-24-21-34(29-46(39)54-44)51(33-20-23-38-37-16-8-10-18-43(37)53-45(38)28-33)32-19-22-36-35-15-7-9-17-41(35)52(42(36)27-32)31-13-5-2-6-14-31/h1-29H. The number of rotatable bonds is 5. The maximum atomic E-state index is 6.60. The fraction of sp³-hybridized carbons (Fsp3) is 0. The Morgan fingerprint density at radius 3 is 1.84 bits per heavy atom. The van der Waals surface area contributed by atoms with Crippen molar-refractivity contribution in [3.8, 4) is 17.1 Å². The van der Waals surface area contributed by atoms with Gasteiger partial charge in [0.25, 0.3) is 0 Å². The van der Waals surface area contributed by atoms with Crippen molar-refractivity contribution in [2.45, 2.75) is 0 Å². The predicted octanol–water partition coefficient (Wildman–Crippen LogP) is 13.9. The lowest BCUT2D eigenvalue weighted by molar-refractivity contribution is 0.622. The first-order chi connectivity index (χ1) is 27.2. The van der Waals surface area contributed by atoms with Crippen molar-refractivity contribution in [1.82, 2.24) is 9.55 Å². The number of benzene rings is 8. The Hall–Kier alpha value is -7.57. The van der Waals surface area contributed by atoms with Crippen LogP contribution in [0, 0.1) is 0 Å². The van der Waals surface area contributed by atoms with Crippen molar-refractivity contribution < 1.29 is 13.3 Å². The summed E-state index contributed by atoms with van der Waals surface area (Å²) in [5, 5.41) is 6.46. The van der Waals surface area contributed by atoms with Gasteiger partial charge in [0, 0.05) is 67.4 Å². The molecule has 55 heavy (non-hydrogen) atoms. The Bertz CT molecular complexity index is 3440. The van der Waals surface area contributed by atoms with Crippen LogP contribution in [0.5, 0.6) is 0 Å². The summed E-state index contributed by atoms with van der Waals surface area (Å²) in [6.45, 7) is 0. The van der Waals surface area contributed by atoms with Gasteiger partial charge in [-0.05, 0) is 84.9 Å². The molecule has 0 unspecified atom stereocenters. The maximum absolute atomic E-state index is 6.60. The predicted molar refractivity (Wildman–Crippen MR) is 223 cm³/mol. The number of hydrogen-bond donors (Lipinski definition) is 0. The van der Waals surface area contributed by atoms with Crippen LogP contribution in [0.3, 0.4) is 0 Å². The number of furan rings is 2. The van der Waals surface area contributed by atoms with Gasteiger partial charge in [0.15, 0.2) is 5.58 Å². The molecular formula is C49H29N3O3. The lowest BCUT2D eigenvalue weighted by Gasteiger charge is -2.25. The van der Waals surface area contributed by atoms with Crippen LogP contribution in [0.4, 0.5) is 17.1 Å². The van der Waals surface area contributed by atoms with E-state index in [-0.39, 0.29) is 0 Å². The van der Waals surface area contributed by atoms with Crippen molar-refractivity contribution in [3.63, 3.8) is 0 Å². The molecule has 0 radical (unpaired) electrons. The zero-order valence-corrected chi connectivity index (χ0v) is 29.3. The summed E-state index contributed by atoms with van der Waals surface area (Å²) in [6, 6.07) is 60.9. The molecule has 0 saturated carbocycles.